The van der Waals surface area contributed by atoms with Crippen LogP contribution in [0.2, 0.25) is 0 Å². The molecule has 0 heterocycles. The number of ether oxygens (including phenoxy) is 2. The molecule has 0 amide bonds. The molecule has 0 saturated heterocycles. The minimum Gasteiger partial charge on any atom is -0.507 e. The van der Waals surface area contributed by atoms with Crippen molar-refractivity contribution in [1.82, 2.24) is 0 Å². The second kappa shape index (κ2) is 10.5. The van der Waals surface area contributed by atoms with E-state index in [0.717, 1.165) is 5.56 Å². The van der Waals surface area contributed by atoms with E-state index in [1.165, 1.54) is 31.4 Å². The van der Waals surface area contributed by atoms with E-state index in [1.54, 1.807) is 37.3 Å². The van der Waals surface area contributed by atoms with Crippen molar-refractivity contribution in [3.63, 3.8) is 0 Å². The van der Waals surface area contributed by atoms with Crippen molar-refractivity contribution < 1.29 is 29.3 Å². The molecule has 2 rings (SSSR count). The SMILES string of the molecule is CCOC(=O)/C(C(=O)/C=C/c1ccccc1)=C(O)\C=C\c1ccc(O)c(OC)c1. The highest BCUT2D eigenvalue weighted by Crippen LogP contribution is 2.27. The molecule has 2 N–H and O–H groups in total. The van der Waals surface area contributed by atoms with Gasteiger partial charge in [0.2, 0.25) is 0 Å². The van der Waals surface area contributed by atoms with Crippen LogP contribution in [0.3, 0.4) is 0 Å². The molecule has 0 fully saturated rings. The van der Waals surface area contributed by atoms with Crippen molar-refractivity contribution in [2.75, 3.05) is 13.7 Å². The summed E-state index contributed by atoms with van der Waals surface area (Å²) < 4.78 is 9.93. The van der Waals surface area contributed by atoms with Gasteiger partial charge in [-0.15, -0.1) is 0 Å². The number of ketones is 1. The minimum atomic E-state index is -0.916. The standard InChI is InChI=1S/C23H22O6/c1-3-29-23(27)22(19(25)13-9-16-7-5-4-6-8-16)20(26)14-11-17-10-12-18(24)21(15-17)28-2/h4-15,24,26H,3H2,1-2H3/b13-9+,14-11+,22-20+. The topological polar surface area (TPSA) is 93.1 Å². The number of methoxy groups -OCH3 is 1. The summed E-state index contributed by atoms with van der Waals surface area (Å²) in [4.78, 5) is 24.8. The Balaban J connectivity index is 2.33. The molecule has 150 valence electrons. The molecule has 6 heteroatoms. The van der Waals surface area contributed by atoms with Gasteiger partial charge < -0.3 is 19.7 Å². The maximum atomic E-state index is 12.5. The van der Waals surface area contributed by atoms with Gasteiger partial charge in [-0.1, -0.05) is 48.6 Å². The third-order valence-electron chi connectivity index (χ3n) is 3.85. The molecule has 0 atom stereocenters. The molecule has 0 saturated carbocycles. The predicted octanol–water partition coefficient (Wildman–Crippen LogP) is 4.07. The third-order valence-corrected chi connectivity index (χ3v) is 3.85. The van der Waals surface area contributed by atoms with E-state index in [-0.39, 0.29) is 18.1 Å². The number of rotatable bonds is 8. The van der Waals surface area contributed by atoms with Crippen molar-refractivity contribution in [2.24, 2.45) is 0 Å². The third kappa shape index (κ3) is 6.10. The number of hydrogen-bond acceptors (Lipinski definition) is 6. The Morgan fingerprint density at radius 3 is 2.34 bits per heavy atom. The first kappa shape index (κ1) is 21.5. The van der Waals surface area contributed by atoms with Gasteiger partial charge in [0.05, 0.1) is 13.7 Å². The minimum absolute atomic E-state index is 0.0298. The Hall–Kier alpha value is -3.80. The van der Waals surface area contributed by atoms with Gasteiger partial charge in [-0.2, -0.15) is 0 Å². The van der Waals surface area contributed by atoms with Gasteiger partial charge in [-0.05, 0) is 42.3 Å². The molecular weight excluding hydrogens is 372 g/mol. The summed E-state index contributed by atoms with van der Waals surface area (Å²) >= 11 is 0. The molecular formula is C23H22O6. The van der Waals surface area contributed by atoms with Crippen LogP contribution in [0.1, 0.15) is 18.1 Å². The van der Waals surface area contributed by atoms with Gasteiger partial charge in [-0.25, -0.2) is 4.79 Å². The van der Waals surface area contributed by atoms with Crippen LogP contribution in [0.4, 0.5) is 0 Å². The van der Waals surface area contributed by atoms with Crippen LogP contribution in [0.15, 0.2) is 72.0 Å². The Bertz CT molecular complexity index is 955. The van der Waals surface area contributed by atoms with Crippen molar-refractivity contribution in [3.8, 4) is 11.5 Å². The summed E-state index contributed by atoms with van der Waals surface area (Å²) in [6.07, 6.45) is 5.44. The van der Waals surface area contributed by atoms with Crippen molar-refractivity contribution in [1.29, 1.82) is 0 Å². The van der Waals surface area contributed by atoms with Crippen LogP contribution in [-0.2, 0) is 14.3 Å². The molecule has 2 aromatic rings. The molecule has 0 aliphatic carbocycles. The molecule has 0 radical (unpaired) electrons. The lowest BCUT2D eigenvalue weighted by molar-refractivity contribution is -0.139. The maximum absolute atomic E-state index is 12.5. The summed E-state index contributed by atoms with van der Waals surface area (Å²) in [7, 11) is 1.41. The van der Waals surface area contributed by atoms with Crippen LogP contribution in [0.25, 0.3) is 12.2 Å². The fourth-order valence-corrected chi connectivity index (χ4v) is 2.41. The molecule has 0 aliphatic heterocycles. The molecule has 0 unspecified atom stereocenters. The number of hydrogen-bond donors (Lipinski definition) is 2. The number of phenols is 1. The largest absolute Gasteiger partial charge is 0.507 e. The smallest absolute Gasteiger partial charge is 0.345 e. The van der Waals surface area contributed by atoms with E-state index >= 15 is 0 Å². The molecule has 0 aliphatic rings. The number of aliphatic hydroxyl groups excluding tert-OH is 1. The number of allylic oxidation sites excluding steroid dienone is 2. The number of carbonyl (C=O) groups is 2. The van der Waals surface area contributed by atoms with Gasteiger partial charge in [0.1, 0.15) is 11.3 Å². The number of aliphatic hydroxyl groups is 1. The van der Waals surface area contributed by atoms with Crippen LogP contribution >= 0.6 is 0 Å². The monoisotopic (exact) mass is 394 g/mol. The van der Waals surface area contributed by atoms with E-state index < -0.39 is 23.1 Å². The normalized spacial score (nSPS) is 12.1. The van der Waals surface area contributed by atoms with E-state index in [4.69, 9.17) is 9.47 Å². The number of esters is 1. The Kier molecular flexibility index (Phi) is 7.79. The highest BCUT2D eigenvalue weighted by Gasteiger charge is 2.21. The highest BCUT2D eigenvalue weighted by atomic mass is 16.5. The zero-order valence-corrected chi connectivity index (χ0v) is 16.2. The average molecular weight is 394 g/mol. The van der Waals surface area contributed by atoms with E-state index in [2.05, 4.69) is 0 Å². The molecule has 29 heavy (non-hydrogen) atoms. The van der Waals surface area contributed by atoms with Gasteiger partial charge in [-0.3, -0.25) is 4.79 Å². The Labute approximate surface area is 169 Å². The Morgan fingerprint density at radius 2 is 1.69 bits per heavy atom. The molecule has 0 aromatic heterocycles. The first-order valence-electron chi connectivity index (χ1n) is 8.89. The lowest BCUT2D eigenvalue weighted by Gasteiger charge is -2.06. The van der Waals surface area contributed by atoms with Gasteiger partial charge in [0, 0.05) is 0 Å². The number of aromatic hydroxyl groups is 1. The average Bonchev–Trinajstić information content (AvgIpc) is 2.72. The van der Waals surface area contributed by atoms with Gasteiger partial charge in [0.15, 0.2) is 17.3 Å². The summed E-state index contributed by atoms with van der Waals surface area (Å²) in [5, 5.41) is 20.0. The highest BCUT2D eigenvalue weighted by molar-refractivity contribution is 6.23. The second-order valence-corrected chi connectivity index (χ2v) is 5.85. The summed E-state index contributed by atoms with van der Waals surface area (Å²) in [5.41, 5.74) is 0.887. The summed E-state index contributed by atoms with van der Waals surface area (Å²) in [5.74, 6) is -1.91. The number of carbonyl (C=O) groups excluding carboxylic acids is 2. The maximum Gasteiger partial charge on any atom is 0.345 e. The van der Waals surface area contributed by atoms with Crippen molar-refractivity contribution in [2.45, 2.75) is 6.92 Å². The van der Waals surface area contributed by atoms with E-state index in [1.807, 2.05) is 18.2 Å². The number of phenolic OH excluding ortho intramolecular Hbond substituents is 1. The molecule has 6 nitrogen and oxygen atoms in total. The van der Waals surface area contributed by atoms with Crippen molar-refractivity contribution in [3.05, 3.63) is 83.1 Å². The van der Waals surface area contributed by atoms with Crippen molar-refractivity contribution >= 4 is 23.9 Å². The Morgan fingerprint density at radius 1 is 1.00 bits per heavy atom. The predicted molar refractivity (Wildman–Crippen MR) is 110 cm³/mol. The fraction of sp³-hybridized carbons (Fsp3) is 0.130. The first-order chi connectivity index (χ1) is 14.0. The van der Waals surface area contributed by atoms with Crippen LogP contribution in [0, 0.1) is 0 Å². The van der Waals surface area contributed by atoms with Gasteiger partial charge in [0.25, 0.3) is 0 Å². The quantitative estimate of drug-likeness (QED) is 0.175. The lowest BCUT2D eigenvalue weighted by Crippen LogP contribution is -2.16. The second-order valence-electron chi connectivity index (χ2n) is 5.85. The van der Waals surface area contributed by atoms with Crippen LogP contribution in [-0.4, -0.2) is 35.7 Å². The van der Waals surface area contributed by atoms with Crippen LogP contribution in [0.5, 0.6) is 11.5 Å². The van der Waals surface area contributed by atoms with E-state index in [9.17, 15) is 19.8 Å². The van der Waals surface area contributed by atoms with Crippen LogP contribution < -0.4 is 4.74 Å². The zero-order chi connectivity index (χ0) is 21.2. The molecule has 0 spiro atoms. The molecule has 0 bridgehead atoms. The number of benzene rings is 2. The summed E-state index contributed by atoms with van der Waals surface area (Å²) in [6, 6.07) is 13.6. The zero-order valence-electron chi connectivity index (χ0n) is 16.2. The summed E-state index contributed by atoms with van der Waals surface area (Å²) in [6.45, 7) is 1.67. The fourth-order valence-electron chi connectivity index (χ4n) is 2.41. The first-order valence-corrected chi connectivity index (χ1v) is 8.89. The van der Waals surface area contributed by atoms with E-state index in [0.29, 0.717) is 5.56 Å². The molecule has 2 aromatic carbocycles. The lowest BCUT2D eigenvalue weighted by atomic mass is 10.1. The van der Waals surface area contributed by atoms with Gasteiger partial charge >= 0.3 is 5.97 Å².